The number of imidazole rings is 3. The maximum absolute atomic E-state index is 6.60. The summed E-state index contributed by atoms with van der Waals surface area (Å²) < 4.78 is 6.18. The fourth-order valence-electron chi connectivity index (χ4n) is 3.22. The van der Waals surface area contributed by atoms with Gasteiger partial charge in [-0.05, 0) is 12.3 Å². The summed E-state index contributed by atoms with van der Waals surface area (Å²) in [6.07, 6.45) is 14.9. The van der Waals surface area contributed by atoms with Gasteiger partial charge in [0.05, 0.1) is 0 Å². The lowest BCUT2D eigenvalue weighted by molar-refractivity contribution is 0.368. The minimum absolute atomic E-state index is 0.0260. The second kappa shape index (κ2) is 7.65. The normalized spacial score (nSPS) is 13.9. The molecule has 2 N–H and O–H groups in total. The minimum atomic E-state index is 0.0260. The van der Waals surface area contributed by atoms with E-state index in [1.54, 1.807) is 0 Å². The predicted molar refractivity (Wildman–Crippen MR) is 96.8 cm³/mol. The van der Waals surface area contributed by atoms with Gasteiger partial charge in [-0.1, -0.05) is 0 Å². The van der Waals surface area contributed by atoms with Crippen molar-refractivity contribution in [2.45, 2.75) is 31.7 Å². The summed E-state index contributed by atoms with van der Waals surface area (Å²) in [5.74, 6) is 3.50. The first kappa shape index (κ1) is 17.4. The average Bonchev–Trinajstić information content (AvgIpc) is 3.28. The van der Waals surface area contributed by atoms with Crippen molar-refractivity contribution in [3.8, 4) is 0 Å². The van der Waals surface area contributed by atoms with E-state index in [1.165, 1.54) is 0 Å². The number of aryl methyl sites for hydroxylation is 4. The monoisotopic (exact) mass is 341 g/mol. The Morgan fingerprint density at radius 1 is 0.800 bits per heavy atom. The van der Waals surface area contributed by atoms with Gasteiger partial charge in [-0.3, -0.25) is 0 Å². The molecule has 2 atom stereocenters. The summed E-state index contributed by atoms with van der Waals surface area (Å²) in [5, 5.41) is 0. The summed E-state index contributed by atoms with van der Waals surface area (Å²) in [4.78, 5) is 13.3. The second-order valence-electron chi connectivity index (χ2n) is 6.73. The molecule has 0 aromatic carbocycles. The highest BCUT2D eigenvalue weighted by Crippen LogP contribution is 2.19. The van der Waals surface area contributed by atoms with Crippen molar-refractivity contribution in [1.82, 2.24) is 28.7 Å². The zero-order chi connectivity index (χ0) is 17.8. The van der Waals surface area contributed by atoms with E-state index < -0.39 is 0 Å². The van der Waals surface area contributed by atoms with Crippen molar-refractivity contribution in [2.24, 2.45) is 32.8 Å². The fraction of sp³-hybridized carbons (Fsp3) is 0.500. The lowest BCUT2D eigenvalue weighted by Crippen LogP contribution is -2.35. The van der Waals surface area contributed by atoms with Crippen LogP contribution in [0.5, 0.6) is 0 Å². The van der Waals surface area contributed by atoms with Crippen LogP contribution in [0.15, 0.2) is 37.2 Å². The molecule has 7 heteroatoms. The number of nitrogens with zero attached hydrogens (tertiary/aromatic N) is 6. The smallest absolute Gasteiger partial charge is 0.109 e. The van der Waals surface area contributed by atoms with Gasteiger partial charge in [0.1, 0.15) is 17.5 Å². The fourth-order valence-corrected chi connectivity index (χ4v) is 3.22. The van der Waals surface area contributed by atoms with Crippen molar-refractivity contribution in [3.63, 3.8) is 0 Å². The van der Waals surface area contributed by atoms with Gasteiger partial charge < -0.3 is 19.4 Å². The van der Waals surface area contributed by atoms with Gasteiger partial charge >= 0.3 is 0 Å². The Bertz CT molecular complexity index is 798. The van der Waals surface area contributed by atoms with Gasteiger partial charge in [0.2, 0.25) is 0 Å². The first-order valence-electron chi connectivity index (χ1n) is 8.68. The lowest BCUT2D eigenvalue weighted by atomic mass is 9.89. The van der Waals surface area contributed by atoms with Crippen LogP contribution in [0.1, 0.15) is 23.9 Å². The maximum atomic E-state index is 6.60. The van der Waals surface area contributed by atoms with Crippen LogP contribution in [0.3, 0.4) is 0 Å². The Hall–Kier alpha value is -2.41. The molecule has 3 aromatic heterocycles. The van der Waals surface area contributed by atoms with E-state index in [2.05, 4.69) is 24.1 Å². The molecule has 0 radical (unpaired) electrons. The third-order valence-corrected chi connectivity index (χ3v) is 4.97. The van der Waals surface area contributed by atoms with Crippen LogP contribution in [0.4, 0.5) is 0 Å². The van der Waals surface area contributed by atoms with Crippen LogP contribution in [0.25, 0.3) is 0 Å². The summed E-state index contributed by atoms with van der Waals surface area (Å²) in [7, 11) is 6.07. The van der Waals surface area contributed by atoms with Crippen molar-refractivity contribution in [2.75, 3.05) is 0 Å². The summed E-state index contributed by atoms with van der Waals surface area (Å²) in [5.41, 5.74) is 6.60. The SMILES string of the molecule is Cn1ccnc1CCC(Cc1nccn1C)C(N)Cc1nccn1C. The molecule has 0 aliphatic rings. The molecule has 0 saturated carbocycles. The third-order valence-electron chi connectivity index (χ3n) is 4.97. The highest BCUT2D eigenvalue weighted by Gasteiger charge is 2.22. The molecule has 0 aliphatic carbocycles. The van der Waals surface area contributed by atoms with Gasteiger partial charge in [-0.25, -0.2) is 15.0 Å². The van der Waals surface area contributed by atoms with Crippen LogP contribution < -0.4 is 5.73 Å². The Morgan fingerprint density at radius 3 is 1.76 bits per heavy atom. The average molecular weight is 341 g/mol. The molecule has 3 rings (SSSR count). The number of hydrogen-bond donors (Lipinski definition) is 1. The summed E-state index contributed by atoms with van der Waals surface area (Å²) in [6, 6.07) is 0.0260. The number of rotatable bonds is 8. The Labute approximate surface area is 148 Å². The molecular weight excluding hydrogens is 314 g/mol. The molecule has 25 heavy (non-hydrogen) atoms. The molecule has 0 fully saturated rings. The molecule has 0 amide bonds. The zero-order valence-electron chi connectivity index (χ0n) is 15.2. The van der Waals surface area contributed by atoms with Gasteiger partial charge in [0.15, 0.2) is 0 Å². The number of aromatic nitrogens is 6. The zero-order valence-corrected chi connectivity index (χ0v) is 15.2. The molecular formula is C18H27N7. The number of hydrogen-bond acceptors (Lipinski definition) is 4. The molecule has 3 aromatic rings. The van der Waals surface area contributed by atoms with E-state index in [9.17, 15) is 0 Å². The van der Waals surface area contributed by atoms with Gasteiger partial charge in [0, 0.05) is 83.6 Å². The Balaban J connectivity index is 1.72. The van der Waals surface area contributed by atoms with E-state index in [4.69, 9.17) is 5.73 Å². The molecule has 0 bridgehead atoms. The van der Waals surface area contributed by atoms with Crippen LogP contribution in [0, 0.1) is 5.92 Å². The minimum Gasteiger partial charge on any atom is -0.338 e. The van der Waals surface area contributed by atoms with E-state index in [0.29, 0.717) is 5.92 Å². The second-order valence-corrected chi connectivity index (χ2v) is 6.73. The quantitative estimate of drug-likeness (QED) is 0.669. The Kier molecular flexibility index (Phi) is 5.33. The van der Waals surface area contributed by atoms with Crippen molar-refractivity contribution >= 4 is 0 Å². The molecule has 3 heterocycles. The molecule has 7 nitrogen and oxygen atoms in total. The lowest BCUT2D eigenvalue weighted by Gasteiger charge is -2.23. The first-order valence-corrected chi connectivity index (χ1v) is 8.68. The van der Waals surface area contributed by atoms with E-state index in [1.807, 2.05) is 62.9 Å². The summed E-state index contributed by atoms with van der Waals surface area (Å²) >= 11 is 0. The maximum Gasteiger partial charge on any atom is 0.109 e. The van der Waals surface area contributed by atoms with Gasteiger partial charge in [-0.2, -0.15) is 0 Å². The first-order chi connectivity index (χ1) is 12.0. The predicted octanol–water partition coefficient (Wildman–Crippen LogP) is 1.25. The molecule has 0 spiro atoms. The molecule has 2 unspecified atom stereocenters. The topological polar surface area (TPSA) is 79.5 Å². The van der Waals surface area contributed by atoms with Crippen molar-refractivity contribution < 1.29 is 0 Å². The van der Waals surface area contributed by atoms with Gasteiger partial charge in [0.25, 0.3) is 0 Å². The van der Waals surface area contributed by atoms with Gasteiger partial charge in [-0.15, -0.1) is 0 Å². The van der Waals surface area contributed by atoms with Crippen LogP contribution in [-0.2, 0) is 40.4 Å². The van der Waals surface area contributed by atoms with E-state index in [-0.39, 0.29) is 6.04 Å². The van der Waals surface area contributed by atoms with E-state index >= 15 is 0 Å². The summed E-state index contributed by atoms with van der Waals surface area (Å²) in [6.45, 7) is 0. The highest BCUT2D eigenvalue weighted by molar-refractivity contribution is 5.00. The van der Waals surface area contributed by atoms with Crippen molar-refractivity contribution in [1.29, 1.82) is 0 Å². The van der Waals surface area contributed by atoms with Crippen LogP contribution >= 0.6 is 0 Å². The van der Waals surface area contributed by atoms with Crippen LogP contribution in [-0.4, -0.2) is 34.7 Å². The molecule has 0 saturated heterocycles. The van der Waals surface area contributed by atoms with Crippen LogP contribution in [0.2, 0.25) is 0 Å². The highest BCUT2D eigenvalue weighted by atomic mass is 15.0. The largest absolute Gasteiger partial charge is 0.338 e. The van der Waals surface area contributed by atoms with Crippen molar-refractivity contribution in [3.05, 3.63) is 54.7 Å². The van der Waals surface area contributed by atoms with E-state index in [0.717, 1.165) is 43.2 Å². The number of nitrogens with two attached hydrogens (primary N) is 1. The standard InChI is InChI=1S/C18H27N7/c1-23-9-6-20-16(23)5-4-14(12-17-21-7-10-24(17)2)15(19)13-18-22-8-11-25(18)3/h6-11,14-15H,4-5,12-13,19H2,1-3H3. The molecule has 0 aliphatic heterocycles. The Morgan fingerprint density at radius 2 is 1.28 bits per heavy atom. The molecule has 134 valence electrons. The third kappa shape index (κ3) is 4.17.